The van der Waals surface area contributed by atoms with E-state index in [4.69, 9.17) is 11.6 Å². The second-order valence-corrected chi connectivity index (χ2v) is 7.19. The van der Waals surface area contributed by atoms with Crippen LogP contribution in [0.4, 0.5) is 5.69 Å². The van der Waals surface area contributed by atoms with Crippen LogP contribution >= 0.6 is 11.6 Å². The molecule has 0 saturated heterocycles. The lowest BCUT2D eigenvalue weighted by atomic mass is 10.1. The van der Waals surface area contributed by atoms with Crippen molar-refractivity contribution in [3.05, 3.63) is 64.7 Å². The molecule has 0 unspecified atom stereocenters. The van der Waals surface area contributed by atoms with Crippen LogP contribution in [0.5, 0.6) is 0 Å². The summed E-state index contributed by atoms with van der Waals surface area (Å²) >= 11 is 6.15. The van der Waals surface area contributed by atoms with E-state index in [1.54, 1.807) is 48.5 Å². The van der Waals surface area contributed by atoms with Gasteiger partial charge in [0, 0.05) is 10.6 Å². The molecule has 3 nitrogen and oxygen atoms in total. The summed E-state index contributed by atoms with van der Waals surface area (Å²) in [4.78, 5) is 0.286. The van der Waals surface area contributed by atoms with Crippen molar-refractivity contribution in [2.45, 2.75) is 11.8 Å². The molecule has 0 amide bonds. The van der Waals surface area contributed by atoms with Crippen molar-refractivity contribution in [2.24, 2.45) is 0 Å². The largest absolute Gasteiger partial charge is 0.264 e. The molecule has 0 radical (unpaired) electrons. The lowest BCUT2D eigenvalue weighted by molar-refractivity contribution is 0.592. The molecule has 0 bridgehead atoms. The Morgan fingerprint density at radius 1 is 1.10 bits per heavy atom. The zero-order chi connectivity index (χ0) is 15.0. The van der Waals surface area contributed by atoms with E-state index in [-0.39, 0.29) is 4.90 Å². The van der Waals surface area contributed by atoms with Crippen molar-refractivity contribution in [1.29, 1.82) is 0 Å². The van der Waals surface area contributed by atoms with Gasteiger partial charge in [-0.1, -0.05) is 47.5 Å². The molecular formula is C16H14ClNO2S. The van der Waals surface area contributed by atoms with Gasteiger partial charge in [-0.3, -0.25) is 4.31 Å². The number of nitrogens with zero attached hydrogens (tertiary/aromatic N) is 1. The van der Waals surface area contributed by atoms with Crippen LogP contribution in [0, 0.1) is 6.92 Å². The first-order valence-corrected chi connectivity index (χ1v) is 8.36. The van der Waals surface area contributed by atoms with Gasteiger partial charge in [0.15, 0.2) is 0 Å². The number of sulfonamides is 1. The topological polar surface area (TPSA) is 37.4 Å². The zero-order valence-electron chi connectivity index (χ0n) is 11.5. The summed E-state index contributed by atoms with van der Waals surface area (Å²) in [5.41, 5.74) is 2.38. The average molecular weight is 320 g/mol. The van der Waals surface area contributed by atoms with Crippen molar-refractivity contribution in [3.63, 3.8) is 0 Å². The highest BCUT2D eigenvalue weighted by atomic mass is 35.5. The van der Waals surface area contributed by atoms with E-state index in [1.807, 2.05) is 13.0 Å². The fourth-order valence-electron chi connectivity index (χ4n) is 2.34. The molecule has 1 aliphatic rings. The number of hydrogen-bond acceptors (Lipinski definition) is 2. The number of halogens is 1. The van der Waals surface area contributed by atoms with E-state index in [0.717, 1.165) is 11.1 Å². The number of aryl methyl sites for hydroxylation is 1. The number of anilines is 1. The summed E-state index contributed by atoms with van der Waals surface area (Å²) in [6, 6.07) is 12.2. The van der Waals surface area contributed by atoms with Gasteiger partial charge in [-0.15, -0.1) is 0 Å². The van der Waals surface area contributed by atoms with Gasteiger partial charge in [0.25, 0.3) is 10.0 Å². The molecule has 3 rings (SSSR count). The van der Waals surface area contributed by atoms with Crippen LogP contribution in [0.15, 0.2) is 53.4 Å². The predicted octanol–water partition coefficient (Wildman–Crippen LogP) is 3.87. The number of fused-ring (bicyclic) bond motifs is 1. The quantitative estimate of drug-likeness (QED) is 0.842. The first kappa shape index (κ1) is 14.2. The molecule has 21 heavy (non-hydrogen) atoms. The number of rotatable bonds is 2. The predicted molar refractivity (Wildman–Crippen MR) is 86.2 cm³/mol. The SMILES string of the molecule is Cc1ccc(S(=O)(=O)N2CC=Cc3c(Cl)cccc32)cc1. The lowest BCUT2D eigenvalue weighted by Gasteiger charge is -2.28. The summed E-state index contributed by atoms with van der Waals surface area (Å²) in [6.07, 6.45) is 3.67. The second kappa shape index (κ2) is 5.20. The van der Waals surface area contributed by atoms with Crippen molar-refractivity contribution < 1.29 is 8.42 Å². The molecule has 0 aromatic heterocycles. The monoisotopic (exact) mass is 319 g/mol. The maximum atomic E-state index is 12.8. The number of hydrogen-bond donors (Lipinski definition) is 0. The number of benzene rings is 2. The molecule has 108 valence electrons. The summed E-state index contributed by atoms with van der Waals surface area (Å²) in [6.45, 7) is 2.23. The highest BCUT2D eigenvalue weighted by Gasteiger charge is 2.27. The third-order valence-electron chi connectivity index (χ3n) is 3.46. The Morgan fingerprint density at radius 3 is 2.52 bits per heavy atom. The molecule has 0 aliphatic carbocycles. The second-order valence-electron chi connectivity index (χ2n) is 4.92. The molecule has 0 spiro atoms. The highest BCUT2D eigenvalue weighted by Crippen LogP contribution is 2.34. The Hall–Kier alpha value is -1.78. The minimum Gasteiger partial charge on any atom is -0.262 e. The van der Waals surface area contributed by atoms with Gasteiger partial charge >= 0.3 is 0 Å². The van der Waals surface area contributed by atoms with E-state index < -0.39 is 10.0 Å². The van der Waals surface area contributed by atoms with Gasteiger partial charge in [0.2, 0.25) is 0 Å². The Bertz CT molecular complexity index is 811. The van der Waals surface area contributed by atoms with Crippen LogP contribution in [0.3, 0.4) is 0 Å². The summed E-state index contributed by atoms with van der Waals surface area (Å²) < 4.78 is 27.0. The van der Waals surface area contributed by atoms with E-state index in [9.17, 15) is 8.42 Å². The summed E-state index contributed by atoms with van der Waals surface area (Å²) in [7, 11) is -3.59. The van der Waals surface area contributed by atoms with Gasteiger partial charge in [-0.2, -0.15) is 0 Å². The first-order valence-electron chi connectivity index (χ1n) is 6.54. The van der Waals surface area contributed by atoms with Crippen molar-refractivity contribution in [3.8, 4) is 0 Å². The Labute approximate surface area is 129 Å². The molecule has 2 aromatic carbocycles. The van der Waals surface area contributed by atoms with E-state index in [2.05, 4.69) is 0 Å². The van der Waals surface area contributed by atoms with E-state index in [0.29, 0.717) is 17.3 Å². The van der Waals surface area contributed by atoms with Gasteiger partial charge < -0.3 is 0 Å². The van der Waals surface area contributed by atoms with Crippen molar-refractivity contribution >= 4 is 33.4 Å². The third-order valence-corrected chi connectivity index (χ3v) is 5.59. The molecule has 1 aliphatic heterocycles. The Kier molecular flexibility index (Phi) is 3.51. The van der Waals surface area contributed by atoms with Crippen LogP contribution in [0.2, 0.25) is 5.02 Å². The zero-order valence-corrected chi connectivity index (χ0v) is 13.0. The Balaban J connectivity index is 2.11. The molecule has 1 heterocycles. The van der Waals surface area contributed by atoms with Gasteiger partial charge in [0.05, 0.1) is 17.1 Å². The fraction of sp³-hybridized carbons (Fsp3) is 0.125. The van der Waals surface area contributed by atoms with Crippen LogP contribution < -0.4 is 4.31 Å². The van der Waals surface area contributed by atoms with Crippen molar-refractivity contribution in [1.82, 2.24) is 0 Å². The molecular weight excluding hydrogens is 306 g/mol. The van der Waals surface area contributed by atoms with Crippen LogP contribution in [-0.4, -0.2) is 15.0 Å². The minimum absolute atomic E-state index is 0.286. The normalized spacial score (nSPS) is 14.1. The molecule has 5 heteroatoms. The lowest BCUT2D eigenvalue weighted by Crippen LogP contribution is -2.33. The van der Waals surface area contributed by atoms with Crippen LogP contribution in [-0.2, 0) is 10.0 Å². The van der Waals surface area contributed by atoms with Crippen LogP contribution in [0.1, 0.15) is 11.1 Å². The summed E-state index contributed by atoms with van der Waals surface area (Å²) in [5, 5.41) is 0.549. The average Bonchev–Trinajstić information content (AvgIpc) is 2.47. The van der Waals surface area contributed by atoms with Gasteiger partial charge in [-0.25, -0.2) is 8.42 Å². The minimum atomic E-state index is -3.59. The molecule has 2 aromatic rings. The van der Waals surface area contributed by atoms with E-state index in [1.165, 1.54) is 4.31 Å². The maximum absolute atomic E-state index is 12.8. The van der Waals surface area contributed by atoms with E-state index >= 15 is 0 Å². The molecule has 0 atom stereocenters. The fourth-order valence-corrected chi connectivity index (χ4v) is 4.01. The molecule has 0 fully saturated rings. The maximum Gasteiger partial charge on any atom is 0.264 e. The smallest absolute Gasteiger partial charge is 0.262 e. The Morgan fingerprint density at radius 2 is 1.81 bits per heavy atom. The van der Waals surface area contributed by atoms with Gasteiger partial charge in [-0.05, 0) is 31.2 Å². The van der Waals surface area contributed by atoms with Crippen molar-refractivity contribution in [2.75, 3.05) is 10.8 Å². The third kappa shape index (κ3) is 2.45. The molecule has 0 N–H and O–H groups in total. The van der Waals surface area contributed by atoms with Crippen LogP contribution in [0.25, 0.3) is 6.08 Å². The highest BCUT2D eigenvalue weighted by molar-refractivity contribution is 7.92. The van der Waals surface area contributed by atoms with Gasteiger partial charge in [0.1, 0.15) is 0 Å². The summed E-state index contributed by atoms with van der Waals surface area (Å²) in [5.74, 6) is 0. The standard InChI is InChI=1S/C16H14ClNO2S/c1-12-7-9-13(10-8-12)21(19,20)18-11-3-4-14-15(17)5-2-6-16(14)18/h2-10H,11H2,1H3. The molecule has 0 saturated carbocycles. The first-order chi connectivity index (χ1) is 10.00.